The van der Waals surface area contributed by atoms with E-state index in [1.54, 1.807) is 0 Å². The highest BCUT2D eigenvalue weighted by atomic mass is 16.3. The summed E-state index contributed by atoms with van der Waals surface area (Å²) in [6.07, 6.45) is 5.30. The number of nitrogens with one attached hydrogen (secondary N) is 1. The largest absolute Gasteiger partial charge is 0.396 e. The summed E-state index contributed by atoms with van der Waals surface area (Å²) >= 11 is 0. The fourth-order valence-electron chi connectivity index (χ4n) is 1.31. The average molecular weight is 173 g/mol. The Balaban J connectivity index is 1.89. The lowest BCUT2D eigenvalue weighted by molar-refractivity contribution is 0.229. The van der Waals surface area contributed by atoms with Gasteiger partial charge in [-0.1, -0.05) is 0 Å². The maximum absolute atomic E-state index is 8.96. The van der Waals surface area contributed by atoms with Gasteiger partial charge < -0.3 is 15.5 Å². The number of aliphatic hydroxyl groups is 2. The molecule has 1 saturated carbocycles. The fourth-order valence-corrected chi connectivity index (χ4v) is 1.31. The number of aliphatic hydroxyl groups excluding tert-OH is 2. The monoisotopic (exact) mass is 173 g/mol. The molecule has 0 aromatic rings. The first-order valence-corrected chi connectivity index (χ1v) is 4.80. The predicted octanol–water partition coefficient (Wildman–Crippen LogP) is 0.263. The van der Waals surface area contributed by atoms with Crippen molar-refractivity contribution < 1.29 is 10.2 Å². The highest BCUT2D eigenvalue weighted by Gasteiger charge is 2.40. The van der Waals surface area contributed by atoms with Gasteiger partial charge >= 0.3 is 0 Å². The second kappa shape index (κ2) is 4.80. The quantitative estimate of drug-likeness (QED) is 0.484. The summed E-state index contributed by atoms with van der Waals surface area (Å²) < 4.78 is 0. The Kier molecular flexibility index (Phi) is 3.98. The molecule has 0 bridgehead atoms. The van der Waals surface area contributed by atoms with Crippen LogP contribution >= 0.6 is 0 Å². The topological polar surface area (TPSA) is 52.5 Å². The van der Waals surface area contributed by atoms with E-state index < -0.39 is 0 Å². The Morgan fingerprint density at radius 1 is 1.08 bits per heavy atom. The van der Waals surface area contributed by atoms with Crippen LogP contribution in [-0.4, -0.2) is 35.5 Å². The molecule has 0 heterocycles. The molecule has 1 fully saturated rings. The van der Waals surface area contributed by atoms with Crippen LogP contribution in [0.5, 0.6) is 0 Å². The molecule has 0 radical (unpaired) electrons. The normalized spacial score (nSPS) is 19.5. The van der Waals surface area contributed by atoms with E-state index in [1.807, 2.05) is 0 Å². The van der Waals surface area contributed by atoms with Crippen LogP contribution in [0.4, 0.5) is 0 Å². The Labute approximate surface area is 73.8 Å². The minimum Gasteiger partial charge on any atom is -0.396 e. The molecule has 0 unspecified atom stereocenters. The van der Waals surface area contributed by atoms with Crippen molar-refractivity contribution in [2.45, 2.75) is 37.6 Å². The number of rotatable bonds is 7. The summed E-state index contributed by atoms with van der Waals surface area (Å²) in [5, 5.41) is 20.8. The second-order valence-electron chi connectivity index (χ2n) is 3.65. The molecule has 3 N–H and O–H groups in total. The summed E-state index contributed by atoms with van der Waals surface area (Å²) in [7, 11) is 0. The van der Waals surface area contributed by atoms with E-state index in [1.165, 1.54) is 0 Å². The Bertz CT molecular complexity index is 124. The molecule has 0 aliphatic heterocycles. The van der Waals surface area contributed by atoms with Gasteiger partial charge in [0.15, 0.2) is 0 Å². The van der Waals surface area contributed by atoms with E-state index >= 15 is 0 Å². The zero-order chi connectivity index (χ0) is 8.86. The van der Waals surface area contributed by atoms with Crippen LogP contribution in [0.15, 0.2) is 0 Å². The van der Waals surface area contributed by atoms with Crippen LogP contribution in [0.2, 0.25) is 0 Å². The third kappa shape index (κ3) is 3.09. The molecule has 3 nitrogen and oxygen atoms in total. The third-order valence-corrected chi connectivity index (χ3v) is 2.49. The molecular formula is C9H19NO2. The molecule has 0 spiro atoms. The van der Waals surface area contributed by atoms with Gasteiger partial charge in [0.2, 0.25) is 0 Å². The van der Waals surface area contributed by atoms with Gasteiger partial charge in [0.05, 0.1) is 6.61 Å². The molecule has 12 heavy (non-hydrogen) atoms. The van der Waals surface area contributed by atoms with Crippen molar-refractivity contribution >= 4 is 0 Å². The van der Waals surface area contributed by atoms with Crippen molar-refractivity contribution in [2.24, 2.45) is 0 Å². The molecule has 0 aromatic heterocycles. The molecule has 0 aromatic carbocycles. The fraction of sp³-hybridized carbons (Fsp3) is 1.00. The van der Waals surface area contributed by atoms with Crippen molar-refractivity contribution in [1.82, 2.24) is 5.32 Å². The van der Waals surface area contributed by atoms with Gasteiger partial charge in [0.1, 0.15) is 0 Å². The zero-order valence-corrected chi connectivity index (χ0v) is 7.55. The molecule has 3 heteroatoms. The lowest BCUT2D eigenvalue weighted by Gasteiger charge is -2.13. The summed E-state index contributed by atoms with van der Waals surface area (Å²) in [4.78, 5) is 0. The maximum Gasteiger partial charge on any atom is 0.0613 e. The minimum atomic E-state index is 0.0826. The van der Waals surface area contributed by atoms with E-state index in [9.17, 15) is 0 Å². The van der Waals surface area contributed by atoms with Gasteiger partial charge in [-0.3, -0.25) is 0 Å². The van der Waals surface area contributed by atoms with Crippen LogP contribution in [0.3, 0.4) is 0 Å². The summed E-state index contributed by atoms with van der Waals surface area (Å²) in [6.45, 7) is 1.54. The molecule has 0 saturated heterocycles. The summed E-state index contributed by atoms with van der Waals surface area (Å²) in [6, 6.07) is 0. The van der Waals surface area contributed by atoms with Crippen molar-refractivity contribution in [3.8, 4) is 0 Å². The lowest BCUT2D eigenvalue weighted by Crippen LogP contribution is -2.35. The highest BCUT2D eigenvalue weighted by Crippen LogP contribution is 2.34. The SMILES string of the molecule is OCCCCCNC1(CO)CC1. The third-order valence-electron chi connectivity index (χ3n) is 2.49. The van der Waals surface area contributed by atoms with E-state index in [-0.39, 0.29) is 12.1 Å². The Morgan fingerprint density at radius 2 is 1.83 bits per heavy atom. The first kappa shape index (κ1) is 9.96. The number of unbranched alkanes of at least 4 members (excludes halogenated alkanes) is 2. The highest BCUT2D eigenvalue weighted by molar-refractivity contribution is 5.01. The van der Waals surface area contributed by atoms with Crippen molar-refractivity contribution in [2.75, 3.05) is 19.8 Å². The molecule has 1 aliphatic carbocycles. The molecule has 0 atom stereocenters. The van der Waals surface area contributed by atoms with E-state index in [4.69, 9.17) is 10.2 Å². The van der Waals surface area contributed by atoms with E-state index in [0.717, 1.165) is 38.6 Å². The summed E-state index contributed by atoms with van der Waals surface area (Å²) in [5.41, 5.74) is 0.0826. The first-order chi connectivity index (χ1) is 5.83. The first-order valence-electron chi connectivity index (χ1n) is 4.80. The van der Waals surface area contributed by atoms with Gasteiger partial charge in [-0.2, -0.15) is 0 Å². The second-order valence-corrected chi connectivity index (χ2v) is 3.65. The molecule has 72 valence electrons. The van der Waals surface area contributed by atoms with Gasteiger partial charge in [-0.25, -0.2) is 0 Å². The molecule has 1 rings (SSSR count). The molecule has 0 amide bonds. The maximum atomic E-state index is 8.96. The van der Waals surface area contributed by atoms with Gasteiger partial charge in [-0.15, -0.1) is 0 Å². The van der Waals surface area contributed by atoms with Crippen LogP contribution in [0, 0.1) is 0 Å². The zero-order valence-electron chi connectivity index (χ0n) is 7.55. The average Bonchev–Trinajstić information content (AvgIpc) is 2.85. The van der Waals surface area contributed by atoms with Crippen LogP contribution in [0.25, 0.3) is 0 Å². The van der Waals surface area contributed by atoms with Gasteiger partial charge in [-0.05, 0) is 38.6 Å². The summed E-state index contributed by atoms with van der Waals surface area (Å²) in [5.74, 6) is 0. The van der Waals surface area contributed by atoms with Crippen molar-refractivity contribution in [3.05, 3.63) is 0 Å². The standard InChI is InChI=1S/C9H19NO2/c11-7-3-1-2-6-10-9(8-12)4-5-9/h10-12H,1-8H2. The van der Waals surface area contributed by atoms with Crippen LogP contribution in [-0.2, 0) is 0 Å². The number of hydrogen-bond acceptors (Lipinski definition) is 3. The smallest absolute Gasteiger partial charge is 0.0613 e. The van der Waals surface area contributed by atoms with Crippen LogP contribution < -0.4 is 5.32 Å². The van der Waals surface area contributed by atoms with Crippen molar-refractivity contribution in [3.63, 3.8) is 0 Å². The molecular weight excluding hydrogens is 154 g/mol. The van der Waals surface area contributed by atoms with Gasteiger partial charge in [0.25, 0.3) is 0 Å². The Morgan fingerprint density at radius 3 is 2.33 bits per heavy atom. The molecule has 1 aliphatic rings. The van der Waals surface area contributed by atoms with Crippen molar-refractivity contribution in [1.29, 1.82) is 0 Å². The predicted molar refractivity (Wildman–Crippen MR) is 48.0 cm³/mol. The minimum absolute atomic E-state index is 0.0826. The lowest BCUT2D eigenvalue weighted by atomic mass is 10.2. The Hall–Kier alpha value is -0.120. The van der Waals surface area contributed by atoms with Crippen LogP contribution in [0.1, 0.15) is 32.1 Å². The van der Waals surface area contributed by atoms with E-state index in [2.05, 4.69) is 5.32 Å². The van der Waals surface area contributed by atoms with Gasteiger partial charge in [0, 0.05) is 12.1 Å². The number of hydrogen-bond donors (Lipinski definition) is 3. The van der Waals surface area contributed by atoms with E-state index in [0.29, 0.717) is 6.61 Å².